The number of morpholine rings is 1. The van der Waals surface area contributed by atoms with Crippen LogP contribution in [0.1, 0.15) is 16.7 Å². The van der Waals surface area contributed by atoms with Crippen LogP contribution < -0.4 is 4.90 Å². The number of nitro benzene ring substituents is 1. The summed E-state index contributed by atoms with van der Waals surface area (Å²) in [6, 6.07) is 10.1. The fourth-order valence-electron chi connectivity index (χ4n) is 3.43. The summed E-state index contributed by atoms with van der Waals surface area (Å²) in [6.45, 7) is 5.58. The number of aryl methyl sites for hydroxylation is 2. The van der Waals surface area contributed by atoms with Gasteiger partial charge in [-0.05, 0) is 31.0 Å². The van der Waals surface area contributed by atoms with Gasteiger partial charge < -0.3 is 9.64 Å². The smallest absolute Gasteiger partial charge is 0.270 e. The topological polar surface area (TPSA) is 93.0 Å². The minimum Gasteiger partial charge on any atom is -0.379 e. The van der Waals surface area contributed by atoms with Gasteiger partial charge in [-0.2, -0.15) is 4.31 Å². The van der Waals surface area contributed by atoms with E-state index < -0.39 is 14.9 Å². The van der Waals surface area contributed by atoms with Crippen molar-refractivity contribution in [2.24, 2.45) is 0 Å². The van der Waals surface area contributed by atoms with Gasteiger partial charge in [-0.3, -0.25) is 10.1 Å². The molecule has 2 aromatic carbocycles. The number of hydrogen-bond donors (Lipinski definition) is 0. The molecule has 1 heterocycles. The second kappa shape index (κ2) is 8.48. The number of sulfonamides is 1. The highest BCUT2D eigenvalue weighted by Crippen LogP contribution is 2.32. The number of rotatable bonds is 6. The summed E-state index contributed by atoms with van der Waals surface area (Å²) in [7, 11) is -2.11. The van der Waals surface area contributed by atoms with Gasteiger partial charge in [0, 0.05) is 38.8 Å². The van der Waals surface area contributed by atoms with E-state index in [1.807, 2.05) is 30.9 Å². The Hall–Kier alpha value is -2.49. The number of ether oxygens (including phenoxy) is 1. The monoisotopic (exact) mass is 419 g/mol. The fraction of sp³-hybridized carbons (Fsp3) is 0.400. The molecule has 0 atom stereocenters. The van der Waals surface area contributed by atoms with Gasteiger partial charge in [-0.15, -0.1) is 0 Å². The highest BCUT2D eigenvalue weighted by atomic mass is 32.2. The van der Waals surface area contributed by atoms with E-state index in [1.165, 1.54) is 16.4 Å². The van der Waals surface area contributed by atoms with E-state index in [4.69, 9.17) is 4.74 Å². The van der Waals surface area contributed by atoms with Crippen molar-refractivity contribution < 1.29 is 18.1 Å². The van der Waals surface area contributed by atoms with E-state index in [-0.39, 0.29) is 23.7 Å². The van der Waals surface area contributed by atoms with Crippen molar-refractivity contribution in [1.82, 2.24) is 4.31 Å². The summed E-state index contributed by atoms with van der Waals surface area (Å²) < 4.78 is 33.1. The SMILES string of the molecule is Cc1ccc(CN(C)c2ccc([N+](=O)[O-])cc2S(=O)(=O)N2CCOCC2)c(C)c1. The molecule has 0 spiro atoms. The van der Waals surface area contributed by atoms with Crippen LogP contribution in [-0.4, -0.2) is 51.0 Å². The summed E-state index contributed by atoms with van der Waals surface area (Å²) in [5.74, 6) is 0. The van der Waals surface area contributed by atoms with Crippen LogP contribution in [-0.2, 0) is 21.3 Å². The molecule has 1 aliphatic rings. The highest BCUT2D eigenvalue weighted by Gasteiger charge is 2.31. The Labute approximate surface area is 170 Å². The fourth-order valence-corrected chi connectivity index (χ4v) is 5.09. The van der Waals surface area contributed by atoms with Crippen LogP contribution >= 0.6 is 0 Å². The second-order valence-corrected chi connectivity index (χ2v) is 9.12. The van der Waals surface area contributed by atoms with Crippen molar-refractivity contribution >= 4 is 21.4 Å². The number of benzene rings is 2. The van der Waals surface area contributed by atoms with Gasteiger partial charge in [0.15, 0.2) is 0 Å². The molecule has 1 aliphatic heterocycles. The molecule has 1 saturated heterocycles. The number of non-ortho nitro benzene ring substituents is 1. The summed E-state index contributed by atoms with van der Waals surface area (Å²) in [5, 5.41) is 11.3. The van der Waals surface area contributed by atoms with E-state index in [0.29, 0.717) is 25.4 Å². The molecule has 156 valence electrons. The molecule has 9 heteroatoms. The van der Waals surface area contributed by atoms with Gasteiger partial charge in [-0.25, -0.2) is 8.42 Å². The molecule has 0 bridgehead atoms. The van der Waals surface area contributed by atoms with Crippen molar-refractivity contribution in [3.8, 4) is 0 Å². The molecule has 3 rings (SSSR count). The van der Waals surface area contributed by atoms with Crippen LogP contribution in [0.2, 0.25) is 0 Å². The first-order valence-corrected chi connectivity index (χ1v) is 10.8. The van der Waals surface area contributed by atoms with Crippen LogP contribution in [0.15, 0.2) is 41.3 Å². The van der Waals surface area contributed by atoms with Crippen molar-refractivity contribution in [2.75, 3.05) is 38.3 Å². The Kier molecular flexibility index (Phi) is 6.21. The molecule has 0 N–H and O–H groups in total. The normalized spacial score (nSPS) is 15.3. The second-order valence-electron chi connectivity index (χ2n) is 7.21. The summed E-state index contributed by atoms with van der Waals surface area (Å²) in [6.07, 6.45) is 0. The first-order valence-electron chi connectivity index (χ1n) is 9.34. The molecule has 0 aliphatic carbocycles. The minimum atomic E-state index is -3.90. The first-order chi connectivity index (χ1) is 13.7. The van der Waals surface area contributed by atoms with Crippen molar-refractivity contribution in [3.05, 3.63) is 63.2 Å². The van der Waals surface area contributed by atoms with Gasteiger partial charge in [0.1, 0.15) is 4.90 Å². The Bertz CT molecular complexity index is 1020. The zero-order chi connectivity index (χ0) is 21.2. The molecule has 0 aromatic heterocycles. The average molecular weight is 420 g/mol. The van der Waals surface area contributed by atoms with Gasteiger partial charge in [0.05, 0.1) is 23.8 Å². The molecular weight excluding hydrogens is 394 g/mol. The lowest BCUT2D eigenvalue weighted by atomic mass is 10.1. The predicted octanol–water partition coefficient (Wildman–Crippen LogP) is 2.87. The number of anilines is 1. The lowest BCUT2D eigenvalue weighted by Crippen LogP contribution is -2.41. The maximum atomic E-state index is 13.3. The van der Waals surface area contributed by atoms with Crippen LogP contribution in [0.25, 0.3) is 0 Å². The number of nitro groups is 1. The van der Waals surface area contributed by atoms with E-state index in [2.05, 4.69) is 6.07 Å². The van der Waals surface area contributed by atoms with Crippen molar-refractivity contribution in [1.29, 1.82) is 0 Å². The third-order valence-corrected chi connectivity index (χ3v) is 6.99. The predicted molar refractivity (Wildman–Crippen MR) is 111 cm³/mol. The van der Waals surface area contributed by atoms with Crippen LogP contribution in [0.3, 0.4) is 0 Å². The average Bonchev–Trinajstić information content (AvgIpc) is 2.70. The molecule has 0 saturated carbocycles. The molecule has 0 unspecified atom stereocenters. The van der Waals surface area contributed by atoms with E-state index >= 15 is 0 Å². The molecule has 8 nitrogen and oxygen atoms in total. The van der Waals surface area contributed by atoms with Crippen molar-refractivity contribution in [2.45, 2.75) is 25.3 Å². The van der Waals surface area contributed by atoms with Gasteiger partial charge >= 0.3 is 0 Å². The Morgan fingerprint density at radius 2 is 1.83 bits per heavy atom. The third kappa shape index (κ3) is 4.58. The van der Waals surface area contributed by atoms with E-state index in [1.54, 1.807) is 7.05 Å². The Morgan fingerprint density at radius 1 is 1.14 bits per heavy atom. The van der Waals surface area contributed by atoms with Crippen LogP contribution in [0.4, 0.5) is 11.4 Å². The molecule has 29 heavy (non-hydrogen) atoms. The summed E-state index contributed by atoms with van der Waals surface area (Å²) in [4.78, 5) is 12.5. The van der Waals surface area contributed by atoms with E-state index in [9.17, 15) is 18.5 Å². The molecule has 2 aromatic rings. The molecule has 0 amide bonds. The summed E-state index contributed by atoms with van der Waals surface area (Å²) in [5.41, 5.74) is 3.50. The van der Waals surface area contributed by atoms with Gasteiger partial charge in [-0.1, -0.05) is 23.8 Å². The Balaban J connectivity index is 2.02. The Morgan fingerprint density at radius 3 is 2.45 bits per heavy atom. The summed E-state index contributed by atoms with van der Waals surface area (Å²) >= 11 is 0. The molecule has 0 radical (unpaired) electrons. The third-order valence-electron chi connectivity index (χ3n) is 5.06. The number of nitrogens with zero attached hydrogens (tertiary/aromatic N) is 3. The van der Waals surface area contributed by atoms with E-state index in [0.717, 1.165) is 22.8 Å². The molecular formula is C20H25N3O5S. The first kappa shape index (κ1) is 21.2. The zero-order valence-electron chi connectivity index (χ0n) is 16.8. The highest BCUT2D eigenvalue weighted by molar-refractivity contribution is 7.89. The van der Waals surface area contributed by atoms with Crippen LogP contribution in [0.5, 0.6) is 0 Å². The van der Waals surface area contributed by atoms with Gasteiger partial charge in [0.25, 0.3) is 5.69 Å². The molecule has 1 fully saturated rings. The zero-order valence-corrected chi connectivity index (χ0v) is 17.6. The van der Waals surface area contributed by atoms with Gasteiger partial charge in [0.2, 0.25) is 10.0 Å². The van der Waals surface area contributed by atoms with Crippen molar-refractivity contribution in [3.63, 3.8) is 0 Å². The largest absolute Gasteiger partial charge is 0.379 e. The maximum Gasteiger partial charge on any atom is 0.270 e. The quantitative estimate of drug-likeness (QED) is 0.528. The number of hydrogen-bond acceptors (Lipinski definition) is 6. The standard InChI is InChI=1S/C20H25N3O5S/c1-15-4-5-17(16(2)12-15)14-21(3)19-7-6-18(23(24)25)13-20(19)29(26,27)22-8-10-28-11-9-22/h4-7,12-13H,8-11,14H2,1-3H3. The van der Waals surface area contributed by atoms with Crippen LogP contribution in [0, 0.1) is 24.0 Å². The maximum absolute atomic E-state index is 13.3. The lowest BCUT2D eigenvalue weighted by molar-refractivity contribution is -0.385. The lowest BCUT2D eigenvalue weighted by Gasteiger charge is -2.29. The minimum absolute atomic E-state index is 0.0548.